The molecule has 0 aliphatic carbocycles. The van der Waals surface area contributed by atoms with Gasteiger partial charge in [0.05, 0.1) is 33.1 Å². The molecular formula is C32H48N2O4Si. The Morgan fingerprint density at radius 2 is 1.62 bits per heavy atom. The predicted molar refractivity (Wildman–Crippen MR) is 161 cm³/mol. The second-order valence-electron chi connectivity index (χ2n) is 12.1. The molecule has 0 spiro atoms. The molecule has 3 aromatic rings. The van der Waals surface area contributed by atoms with Crippen molar-refractivity contribution in [3.8, 4) is 11.5 Å². The Hall–Kier alpha value is -2.61. The highest BCUT2D eigenvalue weighted by Gasteiger charge is 2.41. The van der Waals surface area contributed by atoms with Crippen molar-refractivity contribution in [2.75, 3.05) is 14.2 Å². The van der Waals surface area contributed by atoms with E-state index in [0.29, 0.717) is 6.54 Å². The Kier molecular flexibility index (Phi) is 10.4. The Morgan fingerprint density at radius 1 is 1.00 bits per heavy atom. The summed E-state index contributed by atoms with van der Waals surface area (Å²) in [6.45, 7) is 16.2. The molecule has 1 heterocycles. The molecule has 0 fully saturated rings. The van der Waals surface area contributed by atoms with Crippen molar-refractivity contribution < 1.29 is 19.0 Å². The first-order valence-electron chi connectivity index (χ1n) is 14.0. The number of methoxy groups -OCH3 is 2. The summed E-state index contributed by atoms with van der Waals surface area (Å²) in [5.74, 6) is 1.74. The van der Waals surface area contributed by atoms with E-state index in [4.69, 9.17) is 13.9 Å². The number of hydrogen-bond donors (Lipinski definition) is 1. The van der Waals surface area contributed by atoms with Gasteiger partial charge < -0.3 is 19.0 Å². The van der Waals surface area contributed by atoms with Crippen LogP contribution in [0.4, 0.5) is 0 Å². The number of benzene rings is 2. The van der Waals surface area contributed by atoms with Crippen LogP contribution >= 0.6 is 0 Å². The number of hydrogen-bond acceptors (Lipinski definition) is 5. The van der Waals surface area contributed by atoms with E-state index in [-0.39, 0.29) is 23.7 Å². The van der Waals surface area contributed by atoms with Crippen molar-refractivity contribution in [1.82, 2.24) is 9.78 Å². The van der Waals surface area contributed by atoms with Gasteiger partial charge in [-0.05, 0) is 74.5 Å². The SMILES string of the molecule is COc1cc([C@@H](O[Si](C)(C)C(C)(C)C)[C@@H](CCCc2ccccc2)Cn2ncc(CO)c2C)cc(OC)c1C. The molecule has 0 saturated carbocycles. The highest BCUT2D eigenvalue weighted by molar-refractivity contribution is 6.74. The summed E-state index contributed by atoms with van der Waals surface area (Å²) in [6.07, 6.45) is 4.59. The molecule has 0 saturated heterocycles. The van der Waals surface area contributed by atoms with E-state index in [9.17, 15) is 5.11 Å². The summed E-state index contributed by atoms with van der Waals surface area (Å²) in [5, 5.41) is 14.5. The van der Waals surface area contributed by atoms with Gasteiger partial charge in [-0.15, -0.1) is 0 Å². The first-order chi connectivity index (χ1) is 18.4. The number of aromatic nitrogens is 2. The lowest BCUT2D eigenvalue weighted by Crippen LogP contribution is -2.43. The zero-order chi connectivity index (χ0) is 28.8. The van der Waals surface area contributed by atoms with Crippen LogP contribution in [0.15, 0.2) is 48.7 Å². The molecule has 0 unspecified atom stereocenters. The van der Waals surface area contributed by atoms with E-state index >= 15 is 0 Å². The Morgan fingerprint density at radius 3 is 2.13 bits per heavy atom. The van der Waals surface area contributed by atoms with Crippen molar-refractivity contribution >= 4 is 8.32 Å². The van der Waals surface area contributed by atoms with Crippen LogP contribution in [0.3, 0.4) is 0 Å². The minimum atomic E-state index is -2.17. The van der Waals surface area contributed by atoms with Gasteiger partial charge in [0.2, 0.25) is 0 Å². The standard InChI is InChI=1S/C32H48N2O4Si/c1-23-29(36-6)18-27(19-30(23)37-7)31(38-39(8,9)32(3,4)5)26(17-13-16-25-14-11-10-12-15-25)21-34-24(2)28(22-35)20-33-34/h10-12,14-15,18-20,26,31,35H,13,16-17,21-22H2,1-9H3/t26-,31-/m0/s1. The first kappa shape index (κ1) is 30.9. The zero-order valence-corrected chi connectivity index (χ0v) is 26.4. The van der Waals surface area contributed by atoms with Crippen molar-refractivity contribution in [1.29, 1.82) is 0 Å². The predicted octanol–water partition coefficient (Wildman–Crippen LogP) is 7.41. The fourth-order valence-corrected chi connectivity index (χ4v) is 6.12. The third-order valence-electron chi connectivity index (χ3n) is 8.42. The Balaban J connectivity index is 2.08. The first-order valence-corrected chi connectivity index (χ1v) is 16.9. The fraction of sp³-hybridized carbons (Fsp3) is 0.531. The third-order valence-corrected chi connectivity index (χ3v) is 12.9. The number of rotatable bonds is 13. The van der Waals surface area contributed by atoms with Gasteiger partial charge in [0.25, 0.3) is 0 Å². The number of nitrogens with zero attached hydrogens (tertiary/aromatic N) is 2. The van der Waals surface area contributed by atoms with E-state index in [2.05, 4.69) is 81.4 Å². The highest BCUT2D eigenvalue weighted by Crippen LogP contribution is 2.45. The van der Waals surface area contributed by atoms with Gasteiger partial charge >= 0.3 is 0 Å². The molecule has 0 bridgehead atoms. The fourth-order valence-electron chi connectivity index (χ4n) is 4.80. The minimum absolute atomic E-state index is 0.0131. The quantitative estimate of drug-likeness (QED) is 0.224. The molecule has 0 amide bonds. The van der Waals surface area contributed by atoms with Gasteiger partial charge in [0, 0.05) is 29.3 Å². The van der Waals surface area contributed by atoms with Crippen LogP contribution in [-0.2, 0) is 24.0 Å². The number of aliphatic hydroxyl groups excluding tert-OH is 1. The van der Waals surface area contributed by atoms with Crippen LogP contribution < -0.4 is 9.47 Å². The van der Waals surface area contributed by atoms with Gasteiger partial charge in [-0.2, -0.15) is 5.10 Å². The molecule has 3 rings (SSSR count). The van der Waals surface area contributed by atoms with Crippen LogP contribution in [0, 0.1) is 19.8 Å². The second kappa shape index (κ2) is 13.2. The molecule has 0 aliphatic heterocycles. The summed E-state index contributed by atoms with van der Waals surface area (Å²) in [6, 6.07) is 14.9. The van der Waals surface area contributed by atoms with Crippen LogP contribution in [-0.4, -0.2) is 37.4 Å². The third kappa shape index (κ3) is 7.53. The average molecular weight is 553 g/mol. The maximum Gasteiger partial charge on any atom is 0.192 e. The van der Waals surface area contributed by atoms with Gasteiger partial charge in [-0.1, -0.05) is 51.1 Å². The summed E-state index contributed by atoms with van der Waals surface area (Å²) < 4.78 is 20.9. The Labute approximate surface area is 236 Å². The summed E-state index contributed by atoms with van der Waals surface area (Å²) >= 11 is 0. The monoisotopic (exact) mass is 552 g/mol. The normalized spacial score (nSPS) is 13.8. The number of aryl methyl sites for hydroxylation is 1. The van der Waals surface area contributed by atoms with Crippen LogP contribution in [0.5, 0.6) is 11.5 Å². The van der Waals surface area contributed by atoms with E-state index in [1.807, 2.05) is 18.5 Å². The average Bonchev–Trinajstić information content (AvgIpc) is 3.25. The lowest BCUT2D eigenvalue weighted by atomic mass is 9.89. The van der Waals surface area contributed by atoms with E-state index in [1.54, 1.807) is 20.4 Å². The van der Waals surface area contributed by atoms with Gasteiger partial charge in [0.15, 0.2) is 8.32 Å². The lowest BCUT2D eigenvalue weighted by Gasteiger charge is -2.42. The molecule has 0 radical (unpaired) electrons. The van der Waals surface area contributed by atoms with Crippen molar-refractivity contribution in [3.63, 3.8) is 0 Å². The second-order valence-corrected chi connectivity index (χ2v) is 16.8. The topological polar surface area (TPSA) is 65.7 Å². The maximum absolute atomic E-state index is 9.80. The molecule has 1 aromatic heterocycles. The summed E-state index contributed by atoms with van der Waals surface area (Å²) in [4.78, 5) is 0. The molecule has 2 aromatic carbocycles. The molecule has 2 atom stereocenters. The van der Waals surface area contributed by atoms with E-state index in [1.165, 1.54) is 5.56 Å². The molecule has 7 heteroatoms. The van der Waals surface area contributed by atoms with Crippen LogP contribution in [0.2, 0.25) is 18.1 Å². The molecule has 6 nitrogen and oxygen atoms in total. The molecule has 39 heavy (non-hydrogen) atoms. The minimum Gasteiger partial charge on any atom is -0.496 e. The lowest BCUT2D eigenvalue weighted by molar-refractivity contribution is 0.0965. The number of ether oxygens (including phenoxy) is 2. The van der Waals surface area contributed by atoms with E-state index in [0.717, 1.165) is 53.1 Å². The van der Waals surface area contributed by atoms with Crippen LogP contribution in [0.1, 0.15) is 67.7 Å². The van der Waals surface area contributed by atoms with Crippen LogP contribution in [0.25, 0.3) is 0 Å². The molecule has 214 valence electrons. The molecular weight excluding hydrogens is 504 g/mol. The number of aliphatic hydroxyl groups is 1. The maximum atomic E-state index is 9.80. The Bertz CT molecular complexity index is 1180. The smallest absolute Gasteiger partial charge is 0.192 e. The largest absolute Gasteiger partial charge is 0.496 e. The zero-order valence-electron chi connectivity index (χ0n) is 25.4. The molecule has 0 aliphatic rings. The summed E-state index contributed by atoms with van der Waals surface area (Å²) in [7, 11) is 1.24. The van der Waals surface area contributed by atoms with Crippen molar-refractivity contribution in [2.24, 2.45) is 5.92 Å². The van der Waals surface area contributed by atoms with Gasteiger partial charge in [0.1, 0.15) is 11.5 Å². The summed E-state index contributed by atoms with van der Waals surface area (Å²) in [5.41, 5.74) is 5.24. The molecule has 1 N–H and O–H groups in total. The van der Waals surface area contributed by atoms with Crippen molar-refractivity contribution in [2.45, 2.75) is 91.3 Å². The highest BCUT2D eigenvalue weighted by atomic mass is 28.4. The van der Waals surface area contributed by atoms with Gasteiger partial charge in [-0.25, -0.2) is 0 Å². The van der Waals surface area contributed by atoms with Gasteiger partial charge in [-0.3, -0.25) is 4.68 Å². The van der Waals surface area contributed by atoms with E-state index < -0.39 is 8.32 Å². The van der Waals surface area contributed by atoms with Crippen molar-refractivity contribution in [3.05, 3.63) is 76.6 Å².